The first kappa shape index (κ1) is 15.8. The van der Waals surface area contributed by atoms with Gasteiger partial charge < -0.3 is 5.32 Å². The van der Waals surface area contributed by atoms with E-state index in [0.717, 1.165) is 37.8 Å². The van der Waals surface area contributed by atoms with Gasteiger partial charge in [-0.1, -0.05) is 25.8 Å². The van der Waals surface area contributed by atoms with Crippen LogP contribution in [0.15, 0.2) is 31.1 Å². The van der Waals surface area contributed by atoms with Crippen molar-refractivity contribution in [1.82, 2.24) is 10.3 Å². The smallest absolute Gasteiger partial charge is 0.141 e. The minimum Gasteiger partial charge on any atom is -0.310 e. The third kappa shape index (κ3) is 6.48. The van der Waals surface area contributed by atoms with Crippen molar-refractivity contribution in [3.63, 3.8) is 0 Å². The Kier molecular flexibility index (Phi) is 8.07. The van der Waals surface area contributed by atoms with Gasteiger partial charge in [0, 0.05) is 12.2 Å². The molecule has 1 rings (SSSR count). The molecule has 1 unspecified atom stereocenters. The van der Waals surface area contributed by atoms with E-state index in [4.69, 9.17) is 0 Å². The van der Waals surface area contributed by atoms with Gasteiger partial charge in [-0.15, -0.1) is 6.58 Å². The number of aromatic nitrogens is 1. The lowest BCUT2D eigenvalue weighted by Gasteiger charge is -2.18. The Balaban J connectivity index is 2.49. The summed E-state index contributed by atoms with van der Waals surface area (Å²) in [5.74, 6) is -0.257. The van der Waals surface area contributed by atoms with Crippen molar-refractivity contribution >= 4 is 0 Å². The summed E-state index contributed by atoms with van der Waals surface area (Å²) >= 11 is 0. The highest BCUT2D eigenvalue weighted by Gasteiger charge is 2.11. The van der Waals surface area contributed by atoms with Gasteiger partial charge in [-0.3, -0.25) is 4.98 Å². The zero-order valence-corrected chi connectivity index (χ0v) is 11.9. The lowest BCUT2D eigenvalue weighted by Crippen LogP contribution is -2.22. The molecule has 1 heterocycles. The quantitative estimate of drug-likeness (QED) is 0.500. The van der Waals surface area contributed by atoms with Crippen molar-refractivity contribution < 1.29 is 4.39 Å². The summed E-state index contributed by atoms with van der Waals surface area (Å²) in [6.45, 7) is 6.82. The minimum atomic E-state index is -0.257. The van der Waals surface area contributed by atoms with Gasteiger partial charge in [-0.2, -0.15) is 0 Å². The van der Waals surface area contributed by atoms with Gasteiger partial charge in [0.1, 0.15) is 5.82 Å². The number of unbranched alkanes of at least 4 members (excludes halogenated alkanes) is 3. The average molecular weight is 264 g/mol. The molecule has 0 amide bonds. The van der Waals surface area contributed by atoms with Crippen LogP contribution >= 0.6 is 0 Å². The Morgan fingerprint density at radius 2 is 2.21 bits per heavy atom. The number of pyridine rings is 1. The first-order chi connectivity index (χ1) is 9.27. The molecule has 0 spiro atoms. The van der Waals surface area contributed by atoms with Crippen molar-refractivity contribution in [3.8, 4) is 0 Å². The van der Waals surface area contributed by atoms with Crippen LogP contribution in [0.25, 0.3) is 0 Å². The molecule has 0 bridgehead atoms. The molecule has 0 aliphatic rings. The molecule has 3 heteroatoms. The van der Waals surface area contributed by atoms with Crippen LogP contribution in [0.4, 0.5) is 4.39 Å². The Morgan fingerprint density at radius 3 is 2.89 bits per heavy atom. The lowest BCUT2D eigenvalue weighted by atomic mass is 10.0. The van der Waals surface area contributed by atoms with Crippen molar-refractivity contribution in [2.75, 3.05) is 6.54 Å². The maximum absolute atomic E-state index is 13.2. The predicted octanol–water partition coefficient (Wildman–Crippen LogP) is 4.40. The highest BCUT2D eigenvalue weighted by atomic mass is 19.1. The van der Waals surface area contributed by atoms with Gasteiger partial charge in [0.05, 0.1) is 6.20 Å². The molecule has 0 radical (unpaired) electrons. The molecule has 0 fully saturated rings. The molecule has 0 aliphatic carbocycles. The van der Waals surface area contributed by atoms with Crippen LogP contribution in [0, 0.1) is 5.82 Å². The number of hydrogen-bond acceptors (Lipinski definition) is 2. The van der Waals surface area contributed by atoms with E-state index in [1.54, 1.807) is 12.3 Å². The van der Waals surface area contributed by atoms with Gasteiger partial charge in [0.25, 0.3) is 0 Å². The minimum absolute atomic E-state index is 0.215. The summed E-state index contributed by atoms with van der Waals surface area (Å²) in [6.07, 6.45) is 11.7. The highest BCUT2D eigenvalue weighted by Crippen LogP contribution is 2.20. The summed E-state index contributed by atoms with van der Waals surface area (Å²) in [5, 5.41) is 3.48. The normalized spacial score (nSPS) is 12.3. The molecule has 2 nitrogen and oxygen atoms in total. The SMILES string of the molecule is C=CCCCCCC(NCCC)c1cncc(F)c1. The first-order valence-corrected chi connectivity index (χ1v) is 7.22. The number of rotatable bonds is 10. The van der Waals surface area contributed by atoms with E-state index in [1.807, 2.05) is 6.08 Å². The zero-order chi connectivity index (χ0) is 13.9. The van der Waals surface area contributed by atoms with Gasteiger partial charge in [-0.25, -0.2) is 4.39 Å². The molecule has 1 aromatic heterocycles. The van der Waals surface area contributed by atoms with Gasteiger partial charge in [-0.05, 0) is 43.9 Å². The molecular formula is C16H25FN2. The molecule has 106 valence electrons. The van der Waals surface area contributed by atoms with E-state index in [1.165, 1.54) is 19.0 Å². The summed E-state index contributed by atoms with van der Waals surface area (Å²) in [5.41, 5.74) is 0.956. The Bertz CT molecular complexity index is 366. The summed E-state index contributed by atoms with van der Waals surface area (Å²) in [7, 11) is 0. The Morgan fingerprint density at radius 1 is 1.37 bits per heavy atom. The summed E-state index contributed by atoms with van der Waals surface area (Å²) in [6, 6.07) is 1.80. The fourth-order valence-electron chi connectivity index (χ4n) is 2.14. The molecular weight excluding hydrogens is 239 g/mol. The number of allylic oxidation sites excluding steroid dienone is 1. The van der Waals surface area contributed by atoms with E-state index in [0.29, 0.717) is 0 Å². The number of nitrogens with one attached hydrogen (secondary N) is 1. The van der Waals surface area contributed by atoms with E-state index in [-0.39, 0.29) is 11.9 Å². The maximum Gasteiger partial charge on any atom is 0.141 e. The molecule has 1 aromatic rings. The van der Waals surface area contributed by atoms with E-state index in [9.17, 15) is 4.39 Å². The fraction of sp³-hybridized carbons (Fsp3) is 0.562. The maximum atomic E-state index is 13.2. The van der Waals surface area contributed by atoms with Gasteiger partial charge >= 0.3 is 0 Å². The number of halogens is 1. The molecule has 0 saturated heterocycles. The number of hydrogen-bond donors (Lipinski definition) is 1. The predicted molar refractivity (Wildman–Crippen MR) is 78.5 cm³/mol. The largest absolute Gasteiger partial charge is 0.310 e. The van der Waals surface area contributed by atoms with E-state index < -0.39 is 0 Å². The molecule has 0 aromatic carbocycles. The van der Waals surface area contributed by atoms with Crippen LogP contribution in [0.2, 0.25) is 0 Å². The van der Waals surface area contributed by atoms with E-state index >= 15 is 0 Å². The Hall–Kier alpha value is -1.22. The van der Waals surface area contributed by atoms with Crippen LogP contribution in [-0.4, -0.2) is 11.5 Å². The molecule has 0 saturated carbocycles. The molecule has 19 heavy (non-hydrogen) atoms. The van der Waals surface area contributed by atoms with Gasteiger partial charge in [0.2, 0.25) is 0 Å². The third-order valence-corrected chi connectivity index (χ3v) is 3.17. The van der Waals surface area contributed by atoms with Crippen LogP contribution in [0.3, 0.4) is 0 Å². The second-order valence-electron chi connectivity index (χ2n) is 4.87. The zero-order valence-electron chi connectivity index (χ0n) is 11.9. The first-order valence-electron chi connectivity index (χ1n) is 7.22. The third-order valence-electron chi connectivity index (χ3n) is 3.17. The van der Waals surface area contributed by atoms with Crippen molar-refractivity contribution in [1.29, 1.82) is 0 Å². The number of nitrogens with zero attached hydrogens (tertiary/aromatic N) is 1. The van der Waals surface area contributed by atoms with Crippen molar-refractivity contribution in [2.24, 2.45) is 0 Å². The molecule has 1 N–H and O–H groups in total. The van der Waals surface area contributed by atoms with Crippen LogP contribution in [0.1, 0.15) is 57.1 Å². The van der Waals surface area contributed by atoms with E-state index in [2.05, 4.69) is 23.8 Å². The van der Waals surface area contributed by atoms with Gasteiger partial charge in [0.15, 0.2) is 0 Å². The van der Waals surface area contributed by atoms with Crippen LogP contribution in [0.5, 0.6) is 0 Å². The monoisotopic (exact) mass is 264 g/mol. The van der Waals surface area contributed by atoms with Crippen LogP contribution in [-0.2, 0) is 0 Å². The lowest BCUT2D eigenvalue weighted by molar-refractivity contribution is 0.468. The average Bonchev–Trinajstić information content (AvgIpc) is 2.42. The van der Waals surface area contributed by atoms with Crippen LogP contribution < -0.4 is 5.32 Å². The topological polar surface area (TPSA) is 24.9 Å². The van der Waals surface area contributed by atoms with Crippen molar-refractivity contribution in [2.45, 2.75) is 51.5 Å². The second-order valence-corrected chi connectivity index (χ2v) is 4.87. The highest BCUT2D eigenvalue weighted by molar-refractivity contribution is 5.15. The molecule has 0 aliphatic heterocycles. The molecule has 1 atom stereocenters. The standard InChI is InChI=1S/C16H25FN2/c1-3-5-6-7-8-9-16(19-10-4-2)14-11-15(17)13-18-12-14/h3,11-13,16,19H,1,4-10H2,2H3. The summed E-state index contributed by atoms with van der Waals surface area (Å²) in [4.78, 5) is 3.94. The fourth-order valence-corrected chi connectivity index (χ4v) is 2.14. The summed E-state index contributed by atoms with van der Waals surface area (Å²) < 4.78 is 13.2. The Labute approximate surface area is 116 Å². The second kappa shape index (κ2) is 9.68. The van der Waals surface area contributed by atoms with Crippen molar-refractivity contribution in [3.05, 3.63) is 42.5 Å².